The van der Waals surface area contributed by atoms with Crippen LogP contribution in [-0.4, -0.2) is 5.91 Å². The number of thiophene rings is 1. The first kappa shape index (κ1) is 14.8. The van der Waals surface area contributed by atoms with Crippen LogP contribution in [0.4, 0.5) is 0 Å². The van der Waals surface area contributed by atoms with Crippen LogP contribution in [0.2, 0.25) is 5.02 Å². The number of hydrogen-bond donors (Lipinski definition) is 1. The molecule has 0 unspecified atom stereocenters. The number of carbonyl (C=O) groups is 1. The largest absolute Gasteiger partial charge is 0.340 e. The van der Waals surface area contributed by atoms with Crippen molar-refractivity contribution in [3.05, 3.63) is 93.1 Å². The van der Waals surface area contributed by atoms with Crippen LogP contribution in [0.1, 0.15) is 26.8 Å². The quantitative estimate of drug-likeness (QED) is 0.724. The van der Waals surface area contributed by atoms with Crippen molar-refractivity contribution in [1.29, 1.82) is 0 Å². The van der Waals surface area contributed by atoms with E-state index in [1.807, 2.05) is 47.8 Å². The van der Waals surface area contributed by atoms with Crippen LogP contribution >= 0.6 is 22.9 Å². The summed E-state index contributed by atoms with van der Waals surface area (Å²) in [4.78, 5) is 13.6. The molecule has 0 fully saturated rings. The second kappa shape index (κ2) is 6.77. The molecule has 0 saturated heterocycles. The fraction of sp³-hybridized carbons (Fsp3) is 0.0556. The van der Waals surface area contributed by atoms with E-state index in [1.54, 1.807) is 35.6 Å². The summed E-state index contributed by atoms with van der Waals surface area (Å²) in [5, 5.41) is 5.66. The average molecular weight is 328 g/mol. The molecule has 1 aromatic heterocycles. The summed E-state index contributed by atoms with van der Waals surface area (Å²) < 4.78 is 0. The molecule has 0 spiro atoms. The van der Waals surface area contributed by atoms with E-state index in [0.29, 0.717) is 10.6 Å². The molecule has 3 rings (SSSR count). The van der Waals surface area contributed by atoms with Gasteiger partial charge >= 0.3 is 0 Å². The number of benzene rings is 2. The Kier molecular flexibility index (Phi) is 4.56. The first-order chi connectivity index (χ1) is 10.7. The zero-order valence-electron chi connectivity index (χ0n) is 11.7. The van der Waals surface area contributed by atoms with E-state index < -0.39 is 0 Å². The number of halogens is 1. The maximum Gasteiger partial charge on any atom is 0.252 e. The molecule has 0 saturated carbocycles. The summed E-state index contributed by atoms with van der Waals surface area (Å²) in [6, 6.07) is 20.8. The van der Waals surface area contributed by atoms with Crippen LogP contribution in [-0.2, 0) is 0 Å². The Morgan fingerprint density at radius 3 is 2.50 bits per heavy atom. The van der Waals surface area contributed by atoms with E-state index in [2.05, 4.69) is 5.32 Å². The first-order valence-corrected chi connectivity index (χ1v) is 8.14. The van der Waals surface area contributed by atoms with Crippen molar-refractivity contribution in [1.82, 2.24) is 5.32 Å². The summed E-state index contributed by atoms with van der Waals surface area (Å²) in [6.45, 7) is 0. The summed E-state index contributed by atoms with van der Waals surface area (Å²) in [6.07, 6.45) is 0. The Morgan fingerprint density at radius 1 is 1.00 bits per heavy atom. The molecule has 1 N–H and O–H groups in total. The van der Waals surface area contributed by atoms with Crippen LogP contribution in [0.15, 0.2) is 72.1 Å². The number of nitrogens with one attached hydrogen (secondary N) is 1. The lowest BCUT2D eigenvalue weighted by molar-refractivity contribution is 0.0943. The second-order valence-electron chi connectivity index (χ2n) is 4.84. The van der Waals surface area contributed by atoms with Gasteiger partial charge in [-0.1, -0.05) is 54.1 Å². The van der Waals surface area contributed by atoms with E-state index >= 15 is 0 Å². The van der Waals surface area contributed by atoms with Gasteiger partial charge in [-0.3, -0.25) is 4.79 Å². The number of carbonyl (C=O) groups excluding carboxylic acids is 1. The van der Waals surface area contributed by atoms with Crippen molar-refractivity contribution in [2.45, 2.75) is 6.04 Å². The lowest BCUT2D eigenvalue weighted by Gasteiger charge is -2.18. The maximum absolute atomic E-state index is 12.5. The van der Waals surface area contributed by atoms with E-state index in [-0.39, 0.29) is 11.9 Å². The van der Waals surface area contributed by atoms with Crippen LogP contribution in [0.5, 0.6) is 0 Å². The minimum Gasteiger partial charge on any atom is -0.340 e. The van der Waals surface area contributed by atoms with Gasteiger partial charge in [0.15, 0.2) is 0 Å². The van der Waals surface area contributed by atoms with Crippen molar-refractivity contribution in [2.24, 2.45) is 0 Å². The van der Waals surface area contributed by atoms with Crippen molar-refractivity contribution < 1.29 is 4.79 Å². The Hall–Kier alpha value is -2.10. The maximum atomic E-state index is 12.5. The smallest absolute Gasteiger partial charge is 0.252 e. The molecule has 0 aliphatic rings. The Labute approximate surface area is 138 Å². The summed E-state index contributed by atoms with van der Waals surface area (Å²) in [7, 11) is 0. The van der Waals surface area contributed by atoms with Crippen LogP contribution in [0.25, 0.3) is 0 Å². The van der Waals surface area contributed by atoms with Gasteiger partial charge in [0.2, 0.25) is 0 Å². The highest BCUT2D eigenvalue weighted by atomic mass is 35.5. The zero-order valence-corrected chi connectivity index (χ0v) is 13.3. The predicted octanol–water partition coefficient (Wildman–Crippen LogP) is 4.92. The van der Waals surface area contributed by atoms with E-state index in [9.17, 15) is 4.79 Å². The van der Waals surface area contributed by atoms with E-state index in [0.717, 1.165) is 10.4 Å². The molecule has 110 valence electrons. The molecule has 2 aromatic carbocycles. The second-order valence-corrected chi connectivity index (χ2v) is 6.26. The number of hydrogen-bond acceptors (Lipinski definition) is 2. The van der Waals surface area contributed by atoms with Gasteiger partial charge in [0.25, 0.3) is 5.91 Å². The highest BCUT2D eigenvalue weighted by molar-refractivity contribution is 7.10. The van der Waals surface area contributed by atoms with Gasteiger partial charge < -0.3 is 5.32 Å². The molecule has 1 heterocycles. The molecule has 0 aliphatic carbocycles. The normalized spacial score (nSPS) is 11.9. The Bertz CT molecular complexity index is 756. The summed E-state index contributed by atoms with van der Waals surface area (Å²) in [5.41, 5.74) is 1.62. The molecule has 0 bridgehead atoms. The highest BCUT2D eigenvalue weighted by Gasteiger charge is 2.18. The van der Waals surface area contributed by atoms with Crippen LogP contribution in [0.3, 0.4) is 0 Å². The minimum atomic E-state index is -0.160. The van der Waals surface area contributed by atoms with Crippen LogP contribution in [0, 0.1) is 0 Å². The topological polar surface area (TPSA) is 29.1 Å². The van der Waals surface area contributed by atoms with Gasteiger partial charge in [-0.05, 0) is 35.2 Å². The van der Waals surface area contributed by atoms with Gasteiger partial charge in [0.1, 0.15) is 0 Å². The standard InChI is InChI=1S/C18H14ClNOS/c19-15-9-4-8-14(12-15)18(21)20-17(16-10-5-11-22-16)13-6-2-1-3-7-13/h1-12,17H,(H,20,21)/t17-/m1/s1. The Balaban J connectivity index is 1.89. The van der Waals surface area contributed by atoms with Gasteiger partial charge in [-0.25, -0.2) is 0 Å². The minimum absolute atomic E-state index is 0.134. The third-order valence-corrected chi connectivity index (χ3v) is 4.50. The van der Waals surface area contributed by atoms with E-state index in [1.165, 1.54) is 0 Å². The van der Waals surface area contributed by atoms with Crippen molar-refractivity contribution in [3.8, 4) is 0 Å². The molecule has 4 heteroatoms. The van der Waals surface area contributed by atoms with Crippen molar-refractivity contribution in [3.63, 3.8) is 0 Å². The Morgan fingerprint density at radius 2 is 1.82 bits per heavy atom. The molecule has 1 amide bonds. The van der Waals surface area contributed by atoms with Gasteiger partial charge in [0.05, 0.1) is 6.04 Å². The fourth-order valence-electron chi connectivity index (χ4n) is 2.26. The lowest BCUT2D eigenvalue weighted by atomic mass is 10.0. The van der Waals surface area contributed by atoms with Gasteiger partial charge in [0, 0.05) is 15.5 Å². The third kappa shape index (κ3) is 3.38. The van der Waals surface area contributed by atoms with Crippen LogP contribution < -0.4 is 5.32 Å². The molecule has 22 heavy (non-hydrogen) atoms. The van der Waals surface area contributed by atoms with Crippen molar-refractivity contribution >= 4 is 28.8 Å². The summed E-state index contributed by atoms with van der Waals surface area (Å²) >= 11 is 7.59. The number of amides is 1. The SMILES string of the molecule is O=C(N[C@H](c1ccccc1)c1cccs1)c1cccc(Cl)c1. The highest BCUT2D eigenvalue weighted by Crippen LogP contribution is 2.26. The molecular formula is C18H14ClNOS. The molecule has 0 radical (unpaired) electrons. The van der Waals surface area contributed by atoms with Crippen molar-refractivity contribution in [2.75, 3.05) is 0 Å². The molecular weight excluding hydrogens is 314 g/mol. The zero-order chi connectivity index (χ0) is 15.4. The lowest BCUT2D eigenvalue weighted by Crippen LogP contribution is -2.28. The number of rotatable bonds is 4. The molecule has 0 aliphatic heterocycles. The molecule has 3 aromatic rings. The molecule has 2 nitrogen and oxygen atoms in total. The molecule has 1 atom stereocenters. The van der Waals surface area contributed by atoms with Gasteiger partial charge in [-0.15, -0.1) is 11.3 Å². The predicted molar refractivity (Wildman–Crippen MR) is 91.5 cm³/mol. The van der Waals surface area contributed by atoms with E-state index in [4.69, 9.17) is 11.6 Å². The monoisotopic (exact) mass is 327 g/mol. The fourth-order valence-corrected chi connectivity index (χ4v) is 3.26. The third-order valence-electron chi connectivity index (χ3n) is 3.32. The average Bonchev–Trinajstić information content (AvgIpc) is 3.07. The summed E-state index contributed by atoms with van der Waals surface area (Å²) in [5.74, 6) is -0.134. The first-order valence-electron chi connectivity index (χ1n) is 6.89. The van der Waals surface area contributed by atoms with Gasteiger partial charge in [-0.2, -0.15) is 0 Å².